The number of rotatable bonds is 0. The number of hydrogen-bond donors (Lipinski definition) is 4. The van der Waals surface area contributed by atoms with Gasteiger partial charge in [0.15, 0.2) is 0 Å². The zero-order valence-electron chi connectivity index (χ0n) is 4.90. The summed E-state index contributed by atoms with van der Waals surface area (Å²) in [6.45, 7) is 0. The first-order valence-electron chi connectivity index (χ1n) is 0.783. The zero-order chi connectivity index (χ0) is 4.50. The first-order chi connectivity index (χ1) is 2.00. The molecule has 0 aromatic rings. The van der Waals surface area contributed by atoms with Gasteiger partial charge >= 0.3 is 7.82 Å². The minimum Gasteiger partial charge on any atom is -0.344 e. The van der Waals surface area contributed by atoms with Crippen molar-refractivity contribution in [3.05, 3.63) is 0 Å². The van der Waals surface area contributed by atoms with E-state index in [1.54, 1.807) is 0 Å². The molecule has 0 aromatic carbocycles. The third-order valence-electron chi connectivity index (χ3n) is 0. The van der Waals surface area contributed by atoms with E-state index >= 15 is 0 Å². The average Bonchev–Trinajstić information content (AvgIpc) is 0.722. The van der Waals surface area contributed by atoms with E-state index < -0.39 is 7.82 Å². The molecule has 0 fully saturated rings. The summed E-state index contributed by atoms with van der Waals surface area (Å²) in [6.07, 6.45) is 0. The van der Waals surface area contributed by atoms with Gasteiger partial charge in [-0.2, -0.15) is 0 Å². The van der Waals surface area contributed by atoms with E-state index in [9.17, 15) is 0 Å². The fraction of sp³-hybridized carbons (Fsp3) is 0. The van der Waals surface area contributed by atoms with Crippen molar-refractivity contribution in [2.75, 3.05) is 0 Å². The molecule has 0 atom stereocenters. The summed E-state index contributed by atoms with van der Waals surface area (Å²) in [5.74, 6) is 0. The summed E-state index contributed by atoms with van der Waals surface area (Å²) in [5.41, 5.74) is 0. The molecule has 0 heterocycles. The molecule has 42 valence electrons. The van der Waals surface area contributed by atoms with Crippen LogP contribution in [-0.2, 0) is 4.57 Å². The Labute approximate surface area is 91.3 Å². The molecule has 8 heteroatoms. The molecule has 0 aliphatic heterocycles. The molecule has 0 rings (SSSR count). The first kappa shape index (κ1) is 22.5. The molecule has 2 radical (unpaired) electrons. The van der Waals surface area contributed by atoms with Crippen LogP contribution in [0.2, 0.25) is 0 Å². The van der Waals surface area contributed by atoms with Crippen molar-refractivity contribution in [2.45, 2.75) is 0 Å². The first-order valence-corrected chi connectivity index (χ1v) is 2.35. The maximum absolute atomic E-state index is 8.88. The Morgan fingerprint density at radius 2 is 1.00 bits per heavy atom. The summed E-state index contributed by atoms with van der Waals surface area (Å²) in [7, 11) is -4.64. The van der Waals surface area contributed by atoms with Gasteiger partial charge in [-0.1, -0.05) is 0 Å². The van der Waals surface area contributed by atoms with Crippen LogP contribution in [0.1, 0.15) is 0 Å². The molecular formula is H6NNa2O4P. The van der Waals surface area contributed by atoms with Crippen LogP contribution in [-0.4, -0.2) is 73.8 Å². The topological polar surface area (TPSA) is 113 Å². The van der Waals surface area contributed by atoms with Crippen LogP contribution in [0, 0.1) is 0 Å². The fourth-order valence-electron chi connectivity index (χ4n) is 0. The Balaban J connectivity index is -0.0000000267. The number of hydrogen-bond acceptors (Lipinski definition) is 2. The van der Waals surface area contributed by atoms with Crippen molar-refractivity contribution >= 4 is 66.9 Å². The van der Waals surface area contributed by atoms with Crippen LogP contribution in [0.5, 0.6) is 0 Å². The summed E-state index contributed by atoms with van der Waals surface area (Å²) in [6, 6.07) is 0. The van der Waals surface area contributed by atoms with Gasteiger partial charge in [0.25, 0.3) is 0 Å². The van der Waals surface area contributed by atoms with Gasteiger partial charge < -0.3 is 20.8 Å². The SMILES string of the molecule is N.O=P(O)(O)O.[Na].[Na]. The van der Waals surface area contributed by atoms with E-state index in [0.717, 1.165) is 0 Å². The minimum absolute atomic E-state index is 0. The van der Waals surface area contributed by atoms with E-state index in [1.807, 2.05) is 0 Å². The Hall–Kier alpha value is 2.07. The Morgan fingerprint density at radius 3 is 1.00 bits per heavy atom. The average molecular weight is 161 g/mol. The van der Waals surface area contributed by atoms with Gasteiger partial charge in [0.05, 0.1) is 0 Å². The maximum atomic E-state index is 8.88. The molecule has 6 N–H and O–H groups in total. The van der Waals surface area contributed by atoms with Crippen molar-refractivity contribution < 1.29 is 19.2 Å². The second-order valence-electron chi connectivity index (χ2n) is 0.513. The standard InChI is InChI=1S/H3N.2Na.H3O4P/c;;;1-5(2,3)4/h1H3;;;(H3,1,2,3,4). The Kier molecular flexibility index (Phi) is 25.5. The molecule has 0 saturated carbocycles. The molecule has 8 heavy (non-hydrogen) atoms. The van der Waals surface area contributed by atoms with Gasteiger partial charge in [-0.05, 0) is 0 Å². The van der Waals surface area contributed by atoms with Gasteiger partial charge in [-0.3, -0.25) is 0 Å². The van der Waals surface area contributed by atoms with E-state index in [2.05, 4.69) is 0 Å². The Morgan fingerprint density at radius 1 is 1.00 bits per heavy atom. The van der Waals surface area contributed by atoms with Crippen LogP contribution < -0.4 is 6.15 Å². The third-order valence-corrected chi connectivity index (χ3v) is 0. The van der Waals surface area contributed by atoms with Crippen molar-refractivity contribution in [3.63, 3.8) is 0 Å². The summed E-state index contributed by atoms with van der Waals surface area (Å²) in [4.78, 5) is 21.6. The Bertz CT molecular complexity index is 60.2. The monoisotopic (exact) mass is 161 g/mol. The third kappa shape index (κ3) is 94.1. The van der Waals surface area contributed by atoms with Gasteiger partial charge in [0.2, 0.25) is 0 Å². The van der Waals surface area contributed by atoms with E-state index in [-0.39, 0.29) is 65.3 Å². The van der Waals surface area contributed by atoms with Crippen molar-refractivity contribution in [1.82, 2.24) is 6.15 Å². The zero-order valence-corrected chi connectivity index (χ0v) is 9.80. The van der Waals surface area contributed by atoms with Gasteiger partial charge in [0, 0.05) is 59.1 Å². The van der Waals surface area contributed by atoms with Crippen LogP contribution in [0.25, 0.3) is 0 Å². The molecule has 0 aromatic heterocycles. The van der Waals surface area contributed by atoms with Crippen LogP contribution >= 0.6 is 7.82 Å². The molecule has 0 aliphatic carbocycles. The molecule has 0 aliphatic rings. The molecule has 0 amide bonds. The molecule has 0 saturated heterocycles. The summed E-state index contributed by atoms with van der Waals surface area (Å²) >= 11 is 0. The van der Waals surface area contributed by atoms with Crippen molar-refractivity contribution in [2.24, 2.45) is 0 Å². The quantitative estimate of drug-likeness (QED) is 0.254. The van der Waals surface area contributed by atoms with Gasteiger partial charge in [0.1, 0.15) is 0 Å². The van der Waals surface area contributed by atoms with Gasteiger partial charge in [-0.15, -0.1) is 0 Å². The molecular weight excluding hydrogens is 155 g/mol. The largest absolute Gasteiger partial charge is 0.466 e. The van der Waals surface area contributed by atoms with Crippen LogP contribution in [0.15, 0.2) is 0 Å². The summed E-state index contributed by atoms with van der Waals surface area (Å²) < 4.78 is 8.88. The van der Waals surface area contributed by atoms with Crippen LogP contribution in [0.3, 0.4) is 0 Å². The molecule has 0 unspecified atom stereocenters. The van der Waals surface area contributed by atoms with Gasteiger partial charge in [-0.25, -0.2) is 4.57 Å². The van der Waals surface area contributed by atoms with E-state index in [0.29, 0.717) is 0 Å². The smallest absolute Gasteiger partial charge is 0.344 e. The van der Waals surface area contributed by atoms with Crippen molar-refractivity contribution in [1.29, 1.82) is 0 Å². The predicted octanol–water partition coefficient (Wildman–Crippen LogP) is -1.53. The molecule has 0 spiro atoms. The molecule has 0 bridgehead atoms. The minimum atomic E-state index is -4.64. The second kappa shape index (κ2) is 9.07. The summed E-state index contributed by atoms with van der Waals surface area (Å²) in [5, 5.41) is 0. The van der Waals surface area contributed by atoms with Crippen LogP contribution in [0.4, 0.5) is 0 Å². The fourth-order valence-corrected chi connectivity index (χ4v) is 0. The second-order valence-corrected chi connectivity index (χ2v) is 1.54. The molecule has 5 nitrogen and oxygen atoms in total. The maximum Gasteiger partial charge on any atom is 0.466 e. The predicted molar refractivity (Wildman–Crippen MR) is 30.8 cm³/mol. The van der Waals surface area contributed by atoms with Crippen molar-refractivity contribution in [3.8, 4) is 0 Å². The number of phosphoric acid groups is 1. The van der Waals surface area contributed by atoms with E-state index in [4.69, 9.17) is 19.2 Å². The normalized spacial score (nSPS) is 7.38. The van der Waals surface area contributed by atoms with E-state index in [1.165, 1.54) is 0 Å².